The van der Waals surface area contributed by atoms with Gasteiger partial charge in [-0.15, -0.1) is 22.7 Å². The molecule has 2 N–H and O–H groups in total. The van der Waals surface area contributed by atoms with Crippen LogP contribution in [0.3, 0.4) is 0 Å². The third-order valence-corrected chi connectivity index (χ3v) is 10.7. The van der Waals surface area contributed by atoms with Gasteiger partial charge in [0.05, 0.1) is 9.75 Å². The molecule has 46 heavy (non-hydrogen) atoms. The van der Waals surface area contributed by atoms with Crippen molar-refractivity contribution in [3.8, 4) is 0 Å². The Bertz CT molecular complexity index is 1340. The molecule has 248 valence electrons. The minimum atomic E-state index is -1.68. The molecule has 2 aliphatic rings. The van der Waals surface area contributed by atoms with Crippen molar-refractivity contribution in [2.24, 2.45) is 5.41 Å². The van der Waals surface area contributed by atoms with Gasteiger partial charge in [0.15, 0.2) is 0 Å². The Balaban J connectivity index is 0.000000224. The number of thiophene rings is 2. The van der Waals surface area contributed by atoms with Gasteiger partial charge in [-0.2, -0.15) is 0 Å². The van der Waals surface area contributed by atoms with E-state index in [-0.39, 0.29) is 12.0 Å². The number of anilines is 1. The summed E-state index contributed by atoms with van der Waals surface area (Å²) in [5, 5.41) is 17.8. The highest BCUT2D eigenvalue weighted by molar-refractivity contribution is 7.12. The number of likely N-dealkylation sites (tertiary alicyclic amines) is 1. The summed E-state index contributed by atoms with van der Waals surface area (Å²) in [5.74, 6) is -0.594. The number of unbranched alkanes of at least 4 members (excludes halogenated alkanes) is 1. The number of hydrogen-bond acceptors (Lipinski definition) is 9. The van der Waals surface area contributed by atoms with Gasteiger partial charge in [-0.3, -0.25) is 14.4 Å². The Morgan fingerprint density at radius 3 is 2.20 bits per heavy atom. The molecule has 1 aliphatic heterocycles. The number of aldehydes is 1. The lowest BCUT2D eigenvalue weighted by Crippen LogP contribution is -2.51. The van der Waals surface area contributed by atoms with E-state index < -0.39 is 11.6 Å². The van der Waals surface area contributed by atoms with Gasteiger partial charge in [0, 0.05) is 31.3 Å². The Labute approximate surface area is 279 Å². The number of carbonyl (C=O) groups excluding carboxylic acids is 4. The average molecular weight is 668 g/mol. The molecule has 3 aromatic rings. The molecule has 0 radical (unpaired) electrons. The Hall–Kier alpha value is -3.38. The average Bonchev–Trinajstić information content (AvgIpc) is 3.80. The zero-order valence-electron chi connectivity index (χ0n) is 26.7. The second-order valence-electron chi connectivity index (χ2n) is 12.3. The summed E-state index contributed by atoms with van der Waals surface area (Å²) in [6, 6.07) is 14.0. The topological polar surface area (TPSA) is 116 Å². The normalized spacial score (nSPS) is 16.1. The number of nitrogens with one attached hydrogen (secondary N) is 1. The quantitative estimate of drug-likeness (QED) is 0.124. The molecule has 5 rings (SSSR count). The molecule has 0 atom stereocenters. The van der Waals surface area contributed by atoms with E-state index in [2.05, 4.69) is 17.1 Å². The maximum Gasteiger partial charge on any atom is 0.349 e. The highest BCUT2D eigenvalue weighted by Gasteiger charge is 2.51. The Morgan fingerprint density at radius 2 is 1.67 bits per heavy atom. The maximum atomic E-state index is 13.0. The summed E-state index contributed by atoms with van der Waals surface area (Å²) in [6.45, 7) is 6.38. The summed E-state index contributed by atoms with van der Waals surface area (Å²) in [4.78, 5) is 50.8. The number of esters is 1. The van der Waals surface area contributed by atoms with Crippen molar-refractivity contribution in [3.05, 3.63) is 74.6 Å². The highest BCUT2D eigenvalue weighted by atomic mass is 32.1. The van der Waals surface area contributed by atoms with Gasteiger partial charge >= 0.3 is 5.97 Å². The molecule has 9 nitrogen and oxygen atoms in total. The standard InChI is InChI=1S/C21H27NO3S2.C14H18N2O3/c1-2-9-22-10-7-20(8-11-22)14-16(15-20)25-19(23)21(24,17-5-3-12-26-17)18-6-4-13-27-18;1-16(11-18)9-3-2-4-14(19)15-13-7-5-12(10-17)6-8-13/h3-6,12-13,16,24H,2,7-11,14-15H2,1H3;5-8,10-11H,2-4,9H2,1H3,(H,15,19). The Morgan fingerprint density at radius 1 is 1.04 bits per heavy atom. The molecular weight excluding hydrogens is 623 g/mol. The molecular formula is C35H45N3O6S2. The fourth-order valence-corrected chi connectivity index (χ4v) is 7.78. The molecule has 1 spiro atoms. The van der Waals surface area contributed by atoms with E-state index >= 15 is 0 Å². The van der Waals surface area contributed by atoms with Gasteiger partial charge < -0.3 is 25.0 Å². The van der Waals surface area contributed by atoms with E-state index in [4.69, 9.17) is 4.74 Å². The van der Waals surface area contributed by atoms with Crippen molar-refractivity contribution < 1.29 is 29.0 Å². The molecule has 0 unspecified atom stereocenters. The first-order valence-corrected chi connectivity index (χ1v) is 17.7. The third-order valence-electron chi connectivity index (χ3n) is 8.78. The van der Waals surface area contributed by atoms with Crippen LogP contribution in [0.5, 0.6) is 0 Å². The van der Waals surface area contributed by atoms with Crippen LogP contribution in [0, 0.1) is 5.41 Å². The summed E-state index contributed by atoms with van der Waals surface area (Å²) >= 11 is 2.77. The number of piperidine rings is 1. The van der Waals surface area contributed by atoms with Crippen LogP contribution in [-0.2, 0) is 24.7 Å². The fourth-order valence-electron chi connectivity index (χ4n) is 6.06. The van der Waals surface area contributed by atoms with Crippen LogP contribution >= 0.6 is 22.7 Å². The molecule has 1 saturated heterocycles. The van der Waals surface area contributed by atoms with E-state index in [1.807, 2.05) is 22.9 Å². The van der Waals surface area contributed by atoms with Gasteiger partial charge in [0.1, 0.15) is 12.4 Å². The number of nitrogens with zero attached hydrogens (tertiary/aromatic N) is 2. The number of aliphatic hydroxyl groups is 1. The highest BCUT2D eigenvalue weighted by Crippen LogP contribution is 2.51. The number of amides is 2. The zero-order chi connectivity index (χ0) is 33.0. The largest absolute Gasteiger partial charge is 0.460 e. The van der Waals surface area contributed by atoms with E-state index in [1.165, 1.54) is 48.5 Å². The van der Waals surface area contributed by atoms with E-state index in [1.54, 1.807) is 48.3 Å². The molecule has 1 aliphatic carbocycles. The zero-order valence-corrected chi connectivity index (χ0v) is 28.3. The van der Waals surface area contributed by atoms with Crippen molar-refractivity contribution in [1.82, 2.24) is 9.80 Å². The molecule has 0 bridgehead atoms. The van der Waals surface area contributed by atoms with Gasteiger partial charge in [-0.25, -0.2) is 4.79 Å². The van der Waals surface area contributed by atoms with Crippen molar-refractivity contribution in [3.63, 3.8) is 0 Å². The lowest BCUT2D eigenvalue weighted by Gasteiger charge is -2.51. The number of hydrogen-bond donors (Lipinski definition) is 2. The summed E-state index contributed by atoms with van der Waals surface area (Å²) in [5.41, 5.74) is -0.0788. The van der Waals surface area contributed by atoms with Crippen LogP contribution in [0.4, 0.5) is 5.69 Å². The van der Waals surface area contributed by atoms with Gasteiger partial charge in [0.2, 0.25) is 17.9 Å². The van der Waals surface area contributed by atoms with Crippen molar-refractivity contribution in [1.29, 1.82) is 0 Å². The summed E-state index contributed by atoms with van der Waals surface area (Å²) in [6.07, 6.45) is 8.88. The van der Waals surface area contributed by atoms with Gasteiger partial charge in [-0.1, -0.05) is 19.1 Å². The molecule has 11 heteroatoms. The van der Waals surface area contributed by atoms with Crippen molar-refractivity contribution in [2.75, 3.05) is 38.5 Å². The van der Waals surface area contributed by atoms with Crippen molar-refractivity contribution >= 4 is 52.9 Å². The SMILES string of the molecule is CCCN1CCC2(CC1)CC(OC(=O)C(O)(c1cccs1)c1cccs1)C2.CN(C=O)CCCCC(=O)Nc1ccc(C=O)cc1. The van der Waals surface area contributed by atoms with Crippen LogP contribution in [0.2, 0.25) is 0 Å². The predicted molar refractivity (Wildman–Crippen MR) is 182 cm³/mol. The summed E-state index contributed by atoms with van der Waals surface area (Å²) < 4.78 is 5.81. The van der Waals surface area contributed by atoms with Crippen LogP contribution in [-0.4, -0.2) is 78.8 Å². The number of ether oxygens (including phenoxy) is 1. The third kappa shape index (κ3) is 9.34. The molecule has 2 amide bonds. The first-order valence-electron chi connectivity index (χ1n) is 16.0. The summed E-state index contributed by atoms with van der Waals surface area (Å²) in [7, 11) is 1.71. The first-order chi connectivity index (χ1) is 22.2. The van der Waals surface area contributed by atoms with Crippen LogP contribution in [0.25, 0.3) is 0 Å². The molecule has 2 aromatic heterocycles. The lowest BCUT2D eigenvalue weighted by atomic mass is 9.61. The van der Waals surface area contributed by atoms with Crippen LogP contribution in [0.1, 0.15) is 78.4 Å². The first kappa shape index (κ1) is 35.5. The second-order valence-corrected chi connectivity index (χ2v) is 14.2. The molecule has 1 aromatic carbocycles. The number of rotatable bonds is 14. The van der Waals surface area contributed by atoms with Crippen molar-refractivity contribution in [2.45, 2.75) is 70.0 Å². The van der Waals surface area contributed by atoms with Gasteiger partial charge in [0.25, 0.3) is 0 Å². The van der Waals surface area contributed by atoms with E-state index in [0.29, 0.717) is 39.4 Å². The van der Waals surface area contributed by atoms with E-state index in [9.17, 15) is 24.3 Å². The minimum Gasteiger partial charge on any atom is -0.460 e. The molecule has 3 heterocycles. The van der Waals surface area contributed by atoms with Gasteiger partial charge in [-0.05, 0) is 117 Å². The molecule has 1 saturated carbocycles. The second kappa shape index (κ2) is 17.0. The lowest BCUT2D eigenvalue weighted by molar-refractivity contribution is -0.181. The maximum absolute atomic E-state index is 13.0. The number of benzene rings is 1. The smallest absolute Gasteiger partial charge is 0.349 e. The Kier molecular flexibility index (Phi) is 13.1. The van der Waals surface area contributed by atoms with Crippen LogP contribution in [0.15, 0.2) is 59.3 Å². The monoisotopic (exact) mass is 667 g/mol. The molecule has 2 fully saturated rings. The number of carbonyl (C=O) groups is 4. The fraction of sp³-hybridized carbons (Fsp3) is 0.486. The minimum absolute atomic E-state index is 0.0624. The van der Waals surface area contributed by atoms with E-state index in [0.717, 1.165) is 51.5 Å². The predicted octanol–water partition coefficient (Wildman–Crippen LogP) is 5.94. The van der Waals surface area contributed by atoms with Crippen LogP contribution < -0.4 is 5.32 Å².